The maximum atomic E-state index is 14.6. The normalized spacial score (nSPS) is 26.3. The minimum atomic E-state index is -3.94. The van der Waals surface area contributed by atoms with Crippen molar-refractivity contribution < 1.29 is 77.8 Å². The molecule has 13 atom stereocenters. The van der Waals surface area contributed by atoms with Crippen molar-refractivity contribution in [1.29, 1.82) is 0 Å². The van der Waals surface area contributed by atoms with E-state index in [1.807, 2.05) is 48.5 Å². The van der Waals surface area contributed by atoms with Crippen LogP contribution in [0.1, 0.15) is 82.6 Å². The summed E-state index contributed by atoms with van der Waals surface area (Å²) in [5.74, 6) is -7.35. The molecule has 3 unspecified atom stereocenters. The van der Waals surface area contributed by atoms with Gasteiger partial charge in [0, 0.05) is 57.0 Å². The minimum absolute atomic E-state index is 0.0205. The van der Waals surface area contributed by atoms with Crippen molar-refractivity contribution in [1.82, 2.24) is 36.4 Å². The Hall–Kier alpha value is -7.24. The molecular formula is C60H78N7O16P. The van der Waals surface area contributed by atoms with E-state index >= 15 is 0 Å². The van der Waals surface area contributed by atoms with Gasteiger partial charge in [0.15, 0.2) is 0 Å². The Morgan fingerprint density at radius 2 is 1.23 bits per heavy atom. The number of unbranched alkanes of at least 4 members (excludes halogenated alkanes) is 2. The van der Waals surface area contributed by atoms with Crippen LogP contribution in [0.3, 0.4) is 0 Å². The molecule has 3 heterocycles. The maximum Gasteiger partial charge on any atom is 0.373 e. The van der Waals surface area contributed by atoms with Gasteiger partial charge in [-0.1, -0.05) is 101 Å². The third-order valence-corrected chi connectivity index (χ3v) is 15.8. The molecular weight excluding hydrogens is 1110 g/mol. The second-order valence-corrected chi connectivity index (χ2v) is 24.2. The quantitative estimate of drug-likeness (QED) is 0.0565. The predicted octanol–water partition coefficient (Wildman–Crippen LogP) is 2.03. The van der Waals surface area contributed by atoms with E-state index in [1.165, 1.54) is 43.3 Å². The number of hydrogen-bond acceptors (Lipinski definition) is 15. The summed E-state index contributed by atoms with van der Waals surface area (Å²) in [7, 11) is -3.94. The van der Waals surface area contributed by atoms with E-state index in [1.54, 1.807) is 32.9 Å². The standard InChI is InChI=1S/C60H78N7O16P/c1-7-8-9-26-82-44-24-20-40(21-25-44)38-14-12-37(13-15-38)39-16-18-41(19-17-39)54(73)62-46-28-42(69)30-61-58(77)52-53(72)34(4)31-67(52)59(78)49(33(2)3)63-57(76)51(48(71)27-36-10-22-45(23-11-36)83-84(6,80)81)65-56(75)47-29-43(70)32-66(47)60(79)50(35(5)68)64-55(46)74/h10-25,33-35,42-43,46-53,68-72H,7-9,26-32H2,1-6H3,(H,61,77)(H,62,73)(H,63,76)(H,64,74)(H,65,75)(H,80,81)/t34-,35?,42+,43+,46+,47?,48+,49-,50-,51-,52-,53-/m0/s1. The molecule has 7 rings (SSSR count). The molecule has 3 saturated heterocycles. The van der Waals surface area contributed by atoms with Crippen LogP contribution in [0.25, 0.3) is 22.3 Å². The Morgan fingerprint density at radius 1 is 0.679 bits per heavy atom. The first-order chi connectivity index (χ1) is 39.8. The van der Waals surface area contributed by atoms with Crippen molar-refractivity contribution in [3.63, 3.8) is 0 Å². The molecule has 3 aliphatic heterocycles. The van der Waals surface area contributed by atoms with Gasteiger partial charge in [-0.05, 0) is 83.5 Å². The fourth-order valence-electron chi connectivity index (χ4n) is 10.5. The summed E-state index contributed by atoms with van der Waals surface area (Å²) in [6.07, 6.45) is -5.99. The van der Waals surface area contributed by atoms with E-state index in [-0.39, 0.29) is 24.3 Å². The van der Waals surface area contributed by atoms with Gasteiger partial charge in [-0.2, -0.15) is 0 Å². The Kier molecular flexibility index (Phi) is 21.9. The molecule has 7 amide bonds. The summed E-state index contributed by atoms with van der Waals surface area (Å²) in [6.45, 7) is 8.52. The number of β-amino-alcohol motifs (C(OH)–C–C–N with tert-alkyl or cyclic N) is 1. The van der Waals surface area contributed by atoms with Crippen LogP contribution in [0.15, 0.2) is 97.1 Å². The summed E-state index contributed by atoms with van der Waals surface area (Å²) < 4.78 is 22.8. The lowest BCUT2D eigenvalue weighted by molar-refractivity contribution is -0.146. The monoisotopic (exact) mass is 1180 g/mol. The summed E-state index contributed by atoms with van der Waals surface area (Å²) in [4.78, 5) is 112. The number of aliphatic hydroxyl groups is 5. The molecule has 24 heteroatoms. The van der Waals surface area contributed by atoms with Crippen molar-refractivity contribution in [2.24, 2.45) is 11.8 Å². The van der Waals surface area contributed by atoms with Crippen molar-refractivity contribution in [2.45, 2.75) is 140 Å². The lowest BCUT2D eigenvalue weighted by atomic mass is 9.98. The zero-order chi connectivity index (χ0) is 61.2. The van der Waals surface area contributed by atoms with Gasteiger partial charge in [-0.3, -0.25) is 33.6 Å². The molecule has 0 aromatic heterocycles. The van der Waals surface area contributed by atoms with Crippen LogP contribution < -0.4 is 35.8 Å². The minimum Gasteiger partial charge on any atom is -0.494 e. The fourth-order valence-corrected chi connectivity index (χ4v) is 11.1. The average Bonchev–Trinajstić information content (AvgIpc) is 4.21. The number of hydrogen-bond donors (Lipinski definition) is 11. The number of nitrogens with zero attached hydrogens (tertiary/aromatic N) is 2. The average molecular weight is 1180 g/mol. The molecule has 0 saturated carbocycles. The maximum absolute atomic E-state index is 14.6. The number of nitrogens with one attached hydrogen (secondary N) is 5. The molecule has 11 N–H and O–H groups in total. The third-order valence-electron chi connectivity index (χ3n) is 15.2. The van der Waals surface area contributed by atoms with Crippen LogP contribution in [0.4, 0.5) is 0 Å². The molecule has 3 fully saturated rings. The predicted molar refractivity (Wildman–Crippen MR) is 309 cm³/mol. The molecule has 0 bridgehead atoms. The summed E-state index contributed by atoms with van der Waals surface area (Å²) in [5, 5.41) is 69.5. The molecule has 0 spiro atoms. The van der Waals surface area contributed by atoms with E-state index in [9.17, 15) is 68.6 Å². The second kappa shape index (κ2) is 28.6. The highest BCUT2D eigenvalue weighted by Gasteiger charge is 2.49. The fraction of sp³-hybridized carbons (Fsp3) is 0.483. The van der Waals surface area contributed by atoms with Crippen LogP contribution in [0.5, 0.6) is 11.5 Å². The molecule has 0 radical (unpaired) electrons. The highest BCUT2D eigenvalue weighted by Crippen LogP contribution is 2.38. The summed E-state index contributed by atoms with van der Waals surface area (Å²) in [6, 6.07) is 17.7. The third kappa shape index (κ3) is 16.6. The molecule has 23 nitrogen and oxygen atoms in total. The number of amides is 7. The summed E-state index contributed by atoms with van der Waals surface area (Å²) >= 11 is 0. The first-order valence-electron chi connectivity index (χ1n) is 28.4. The second-order valence-electron chi connectivity index (χ2n) is 22.4. The molecule has 0 aliphatic carbocycles. The Balaban J connectivity index is 1.15. The highest BCUT2D eigenvalue weighted by molar-refractivity contribution is 7.52. The van der Waals surface area contributed by atoms with Gasteiger partial charge in [0.1, 0.15) is 47.8 Å². The van der Waals surface area contributed by atoms with Crippen molar-refractivity contribution in [3.8, 4) is 33.8 Å². The van der Waals surface area contributed by atoms with Crippen LogP contribution in [0.2, 0.25) is 0 Å². The molecule has 84 heavy (non-hydrogen) atoms. The number of fused-ring (bicyclic) bond motifs is 2. The molecule has 454 valence electrons. The zero-order valence-electron chi connectivity index (χ0n) is 47.9. The lowest BCUT2D eigenvalue weighted by Gasteiger charge is -2.33. The Labute approximate surface area is 488 Å². The SMILES string of the molecule is CCCCCOc1ccc(-c2ccc(-c3ccc(C(=O)N[C@@H]4C[C@@H](O)CNC(=O)[C@@H]5[C@@H](O)[C@@H](C)CN5C(=O)[C@H](C(C)C)NC(=O)[C@H]([C@H](O)Cc5ccc(OP(C)(=O)O)cc5)NC(=O)C5C[C@@H](O)CN5C(=O)[C@H](C(C)O)NC4=O)cc3)cc2)cc1. The van der Waals surface area contributed by atoms with Gasteiger partial charge < -0.3 is 76.1 Å². The first-order valence-corrected chi connectivity index (χ1v) is 30.4. The van der Waals surface area contributed by atoms with Crippen molar-refractivity contribution >= 4 is 48.9 Å². The number of rotatable bonds is 16. The van der Waals surface area contributed by atoms with Crippen LogP contribution in [-0.2, 0) is 39.8 Å². The van der Waals surface area contributed by atoms with Gasteiger partial charge in [0.2, 0.25) is 35.4 Å². The zero-order valence-corrected chi connectivity index (χ0v) is 48.8. The number of ether oxygens (including phenoxy) is 1. The molecule has 3 aliphatic rings. The highest BCUT2D eigenvalue weighted by atomic mass is 31.2. The summed E-state index contributed by atoms with van der Waals surface area (Å²) in [5.41, 5.74) is 4.03. The van der Waals surface area contributed by atoms with Crippen molar-refractivity contribution in [2.75, 3.05) is 32.9 Å². The number of carbonyl (C=O) groups excluding carboxylic acids is 7. The number of benzene rings is 4. The largest absolute Gasteiger partial charge is 0.494 e. The first kappa shape index (κ1) is 64.3. The van der Waals surface area contributed by atoms with Gasteiger partial charge in [-0.15, -0.1) is 0 Å². The molecule has 4 aromatic rings. The number of carbonyl (C=O) groups is 7. The van der Waals surface area contributed by atoms with Crippen LogP contribution in [0, 0.1) is 11.8 Å². The van der Waals surface area contributed by atoms with Crippen LogP contribution >= 0.6 is 7.60 Å². The van der Waals surface area contributed by atoms with E-state index in [2.05, 4.69) is 33.5 Å². The van der Waals surface area contributed by atoms with E-state index in [0.29, 0.717) is 12.2 Å². The van der Waals surface area contributed by atoms with Gasteiger partial charge >= 0.3 is 7.60 Å². The van der Waals surface area contributed by atoms with Gasteiger partial charge in [-0.25, -0.2) is 4.57 Å². The Bertz CT molecular complexity index is 3000. The Morgan fingerprint density at radius 3 is 1.80 bits per heavy atom. The van der Waals surface area contributed by atoms with Crippen LogP contribution in [-0.4, -0.2) is 181 Å². The van der Waals surface area contributed by atoms with E-state index in [4.69, 9.17) is 9.26 Å². The van der Waals surface area contributed by atoms with Gasteiger partial charge in [0.25, 0.3) is 5.91 Å². The van der Waals surface area contributed by atoms with Gasteiger partial charge in [0.05, 0.1) is 37.1 Å². The molecule has 4 aromatic carbocycles. The lowest BCUT2D eigenvalue weighted by Crippen LogP contribution is -2.63. The van der Waals surface area contributed by atoms with Crippen molar-refractivity contribution in [3.05, 3.63) is 108 Å². The number of aliphatic hydroxyl groups excluding tert-OH is 5. The van der Waals surface area contributed by atoms with E-state index < -0.39 is 153 Å². The van der Waals surface area contributed by atoms with E-state index in [0.717, 1.165) is 63.7 Å². The smallest absolute Gasteiger partial charge is 0.373 e. The topological polar surface area (TPSA) is 343 Å².